The van der Waals surface area contributed by atoms with E-state index in [1.54, 1.807) is 17.7 Å². The van der Waals surface area contributed by atoms with E-state index in [-0.39, 0.29) is 11.5 Å². The Balaban J connectivity index is 1.96. The third-order valence-corrected chi connectivity index (χ3v) is 4.23. The van der Waals surface area contributed by atoms with E-state index in [9.17, 15) is 0 Å². The maximum atomic E-state index is 4.67. The average Bonchev–Trinajstić information content (AvgIpc) is 2.93. The summed E-state index contributed by atoms with van der Waals surface area (Å²) in [5, 5.41) is 14.7. The Morgan fingerprint density at radius 2 is 2.16 bits per heavy atom. The first-order valence-electron chi connectivity index (χ1n) is 6.40. The van der Waals surface area contributed by atoms with E-state index in [4.69, 9.17) is 0 Å². The molecule has 0 saturated carbocycles. The van der Waals surface area contributed by atoms with Gasteiger partial charge >= 0.3 is 0 Å². The molecule has 0 saturated heterocycles. The summed E-state index contributed by atoms with van der Waals surface area (Å²) in [6.07, 6.45) is 1.72. The zero-order valence-corrected chi connectivity index (χ0v) is 13.0. The standard InChI is InChI=1S/C13H21N5S/c1-9(11-17-15-8-18(11)5)14-6-10-7-19-12(16-10)13(2,3)4/h7-9,14H,6H2,1-5H3. The molecule has 0 aliphatic heterocycles. The average molecular weight is 279 g/mol. The number of nitrogens with one attached hydrogen (secondary N) is 1. The number of hydrogen-bond acceptors (Lipinski definition) is 5. The van der Waals surface area contributed by atoms with E-state index in [0.29, 0.717) is 0 Å². The minimum Gasteiger partial charge on any atom is -0.319 e. The minimum atomic E-state index is 0.123. The molecule has 0 aromatic carbocycles. The molecule has 0 aliphatic rings. The van der Waals surface area contributed by atoms with Crippen LogP contribution in [0.2, 0.25) is 0 Å². The molecule has 0 fully saturated rings. The van der Waals surface area contributed by atoms with Crippen molar-refractivity contribution in [3.8, 4) is 0 Å². The van der Waals surface area contributed by atoms with E-state index < -0.39 is 0 Å². The summed E-state index contributed by atoms with van der Waals surface area (Å²) < 4.78 is 1.93. The molecular formula is C13H21N5S. The van der Waals surface area contributed by atoms with Gasteiger partial charge in [-0.1, -0.05) is 20.8 Å². The van der Waals surface area contributed by atoms with Gasteiger partial charge in [-0.3, -0.25) is 0 Å². The van der Waals surface area contributed by atoms with E-state index in [1.807, 2.05) is 11.6 Å². The number of aromatic nitrogens is 4. The highest BCUT2D eigenvalue weighted by atomic mass is 32.1. The van der Waals surface area contributed by atoms with Crippen molar-refractivity contribution in [1.82, 2.24) is 25.1 Å². The van der Waals surface area contributed by atoms with Gasteiger partial charge in [-0.25, -0.2) is 4.98 Å². The third kappa shape index (κ3) is 3.39. The van der Waals surface area contributed by atoms with Crippen molar-refractivity contribution < 1.29 is 0 Å². The quantitative estimate of drug-likeness (QED) is 0.934. The van der Waals surface area contributed by atoms with Crippen molar-refractivity contribution >= 4 is 11.3 Å². The SMILES string of the molecule is CC(NCc1csc(C(C)(C)C)n1)c1nncn1C. The van der Waals surface area contributed by atoms with Crippen molar-refractivity contribution in [2.45, 2.75) is 45.7 Å². The van der Waals surface area contributed by atoms with Gasteiger partial charge in [0.25, 0.3) is 0 Å². The molecule has 0 amide bonds. The summed E-state index contributed by atoms with van der Waals surface area (Å²) in [6.45, 7) is 9.39. The first-order valence-corrected chi connectivity index (χ1v) is 7.28. The number of rotatable bonds is 4. The minimum absolute atomic E-state index is 0.123. The second-order valence-electron chi connectivity index (χ2n) is 5.80. The lowest BCUT2D eigenvalue weighted by Crippen LogP contribution is -2.21. The van der Waals surface area contributed by atoms with Crippen LogP contribution in [0.3, 0.4) is 0 Å². The maximum Gasteiger partial charge on any atom is 0.149 e. The summed E-state index contributed by atoms with van der Waals surface area (Å²) in [4.78, 5) is 4.67. The van der Waals surface area contributed by atoms with Crippen LogP contribution in [-0.2, 0) is 19.0 Å². The molecule has 1 unspecified atom stereocenters. The van der Waals surface area contributed by atoms with Gasteiger partial charge in [0.15, 0.2) is 0 Å². The van der Waals surface area contributed by atoms with Crippen LogP contribution in [0.1, 0.15) is 50.3 Å². The van der Waals surface area contributed by atoms with Crippen LogP contribution in [0.25, 0.3) is 0 Å². The maximum absolute atomic E-state index is 4.67. The van der Waals surface area contributed by atoms with Gasteiger partial charge in [-0.15, -0.1) is 21.5 Å². The fourth-order valence-electron chi connectivity index (χ4n) is 1.77. The van der Waals surface area contributed by atoms with Crippen molar-refractivity contribution in [3.63, 3.8) is 0 Å². The normalized spacial score (nSPS) is 13.7. The van der Waals surface area contributed by atoms with Crippen molar-refractivity contribution in [3.05, 3.63) is 28.2 Å². The molecule has 2 heterocycles. The lowest BCUT2D eigenvalue weighted by Gasteiger charge is -2.14. The predicted octanol–water partition coefficient (Wildman–Crippen LogP) is 2.42. The first-order chi connectivity index (χ1) is 8.88. The van der Waals surface area contributed by atoms with Gasteiger partial charge < -0.3 is 9.88 Å². The van der Waals surface area contributed by atoms with Crippen LogP contribution in [0.4, 0.5) is 0 Å². The highest BCUT2D eigenvalue weighted by Crippen LogP contribution is 2.25. The van der Waals surface area contributed by atoms with Crippen LogP contribution in [0.5, 0.6) is 0 Å². The van der Waals surface area contributed by atoms with Crippen molar-refractivity contribution in [2.75, 3.05) is 0 Å². The summed E-state index contributed by atoms with van der Waals surface area (Å²) in [5.41, 5.74) is 1.21. The van der Waals surface area contributed by atoms with Gasteiger partial charge in [0.1, 0.15) is 12.2 Å². The van der Waals surface area contributed by atoms with Gasteiger partial charge in [0.05, 0.1) is 16.7 Å². The number of aryl methyl sites for hydroxylation is 1. The van der Waals surface area contributed by atoms with Crippen molar-refractivity contribution in [2.24, 2.45) is 7.05 Å². The molecule has 0 aliphatic carbocycles. The highest BCUT2D eigenvalue weighted by Gasteiger charge is 2.18. The Bertz CT molecular complexity index is 537. The molecule has 0 radical (unpaired) electrons. The number of thiazole rings is 1. The number of hydrogen-bond donors (Lipinski definition) is 1. The van der Waals surface area contributed by atoms with E-state index in [0.717, 1.165) is 18.1 Å². The van der Waals surface area contributed by atoms with E-state index in [1.165, 1.54) is 5.01 Å². The predicted molar refractivity (Wildman–Crippen MR) is 77.1 cm³/mol. The third-order valence-electron chi connectivity index (χ3n) is 2.92. The fourth-order valence-corrected chi connectivity index (χ4v) is 2.67. The largest absolute Gasteiger partial charge is 0.319 e. The van der Waals surface area contributed by atoms with Gasteiger partial charge in [-0.2, -0.15) is 0 Å². The first kappa shape index (κ1) is 14.1. The molecule has 5 nitrogen and oxygen atoms in total. The monoisotopic (exact) mass is 279 g/mol. The molecule has 2 rings (SSSR count). The Morgan fingerprint density at radius 3 is 2.68 bits per heavy atom. The van der Waals surface area contributed by atoms with E-state index in [2.05, 4.69) is 53.6 Å². The van der Waals surface area contributed by atoms with Crippen molar-refractivity contribution in [1.29, 1.82) is 0 Å². The summed E-state index contributed by atoms with van der Waals surface area (Å²) in [7, 11) is 1.95. The van der Waals surface area contributed by atoms with Gasteiger partial charge in [0, 0.05) is 24.4 Å². The van der Waals surface area contributed by atoms with Crippen LogP contribution in [0, 0.1) is 0 Å². The van der Waals surface area contributed by atoms with Crippen LogP contribution >= 0.6 is 11.3 Å². The molecule has 2 aromatic heterocycles. The molecule has 19 heavy (non-hydrogen) atoms. The molecule has 104 valence electrons. The van der Waals surface area contributed by atoms with Crippen LogP contribution < -0.4 is 5.32 Å². The van der Waals surface area contributed by atoms with Crippen LogP contribution in [-0.4, -0.2) is 19.7 Å². The molecular weight excluding hydrogens is 258 g/mol. The fraction of sp³-hybridized carbons (Fsp3) is 0.615. The highest BCUT2D eigenvalue weighted by molar-refractivity contribution is 7.09. The molecule has 1 N–H and O–H groups in total. The summed E-state index contributed by atoms with van der Waals surface area (Å²) >= 11 is 1.72. The lowest BCUT2D eigenvalue weighted by molar-refractivity contribution is 0.521. The Morgan fingerprint density at radius 1 is 1.42 bits per heavy atom. The topological polar surface area (TPSA) is 55.6 Å². The number of nitrogens with zero attached hydrogens (tertiary/aromatic N) is 4. The molecule has 0 spiro atoms. The van der Waals surface area contributed by atoms with Gasteiger partial charge in [-0.05, 0) is 6.92 Å². The Kier molecular flexibility index (Phi) is 4.01. The zero-order chi connectivity index (χ0) is 14.0. The Labute approximate surface area is 118 Å². The van der Waals surface area contributed by atoms with Crippen LogP contribution in [0.15, 0.2) is 11.7 Å². The molecule has 2 aromatic rings. The smallest absolute Gasteiger partial charge is 0.149 e. The molecule has 6 heteroatoms. The zero-order valence-electron chi connectivity index (χ0n) is 12.1. The summed E-state index contributed by atoms with van der Waals surface area (Å²) in [6, 6.07) is 0.160. The summed E-state index contributed by atoms with van der Waals surface area (Å²) in [5.74, 6) is 0.936. The van der Waals surface area contributed by atoms with Gasteiger partial charge in [0.2, 0.25) is 0 Å². The molecule has 0 bridgehead atoms. The Hall–Kier alpha value is -1.27. The second kappa shape index (κ2) is 5.38. The lowest BCUT2D eigenvalue weighted by atomic mass is 9.98. The second-order valence-corrected chi connectivity index (χ2v) is 6.65. The molecule has 1 atom stereocenters. The van der Waals surface area contributed by atoms with E-state index >= 15 is 0 Å².